The average molecular weight is 596 g/mol. The van der Waals surface area contributed by atoms with Crippen LogP contribution in [0.25, 0.3) is 0 Å². The minimum Gasteiger partial charge on any atom is -0.327 e. The molecule has 42 heavy (non-hydrogen) atoms. The van der Waals surface area contributed by atoms with Gasteiger partial charge in [0.1, 0.15) is 0 Å². The zero-order chi connectivity index (χ0) is 31.2. The van der Waals surface area contributed by atoms with Crippen LogP contribution in [0.4, 0.5) is 0 Å². The zero-order valence-electron chi connectivity index (χ0n) is 31.0. The molecular weight excluding hydrogens is 510 g/mol. The number of unbranched alkanes of at least 4 members (excludes halogenated alkanes) is 24. The van der Waals surface area contributed by atoms with E-state index in [1.54, 1.807) is 0 Å². The Bertz CT molecular complexity index is 484. The van der Waals surface area contributed by atoms with Crippen molar-refractivity contribution in [2.75, 3.05) is 74.5 Å². The van der Waals surface area contributed by atoms with Crippen molar-refractivity contribution in [1.29, 1.82) is 0 Å². The van der Waals surface area contributed by atoms with E-state index in [1.165, 1.54) is 215 Å². The fraction of sp³-hybridized carbons (Fsp3) is 1.00. The minimum atomic E-state index is 1.18. The minimum absolute atomic E-state index is 1.18. The summed E-state index contributed by atoms with van der Waals surface area (Å²) in [4.78, 5) is 2.59. The van der Waals surface area contributed by atoms with Gasteiger partial charge in [0.15, 0.2) is 0 Å². The average Bonchev–Trinajstić information content (AvgIpc) is 2.96. The first-order chi connectivity index (χ1) is 20.2. The third-order valence-corrected chi connectivity index (χ3v) is 9.91. The normalized spacial score (nSPS) is 12.6. The van der Waals surface area contributed by atoms with Gasteiger partial charge in [0.25, 0.3) is 0 Å². The van der Waals surface area contributed by atoms with Crippen molar-refractivity contribution >= 4 is 0 Å². The molecule has 0 fully saturated rings. The molecule has 0 bridgehead atoms. The van der Waals surface area contributed by atoms with Gasteiger partial charge < -0.3 is 8.97 Å². The van der Waals surface area contributed by atoms with Crippen LogP contribution in [0.2, 0.25) is 0 Å². The summed E-state index contributed by atoms with van der Waals surface area (Å²) in [6.07, 6.45) is 37.6. The number of nitrogens with zero attached hydrogens (tertiary/aromatic N) is 3. The Morgan fingerprint density at radius 2 is 0.524 bits per heavy atom. The Morgan fingerprint density at radius 3 is 0.762 bits per heavy atom. The van der Waals surface area contributed by atoms with Gasteiger partial charge in [-0.1, -0.05) is 155 Å². The summed E-state index contributed by atoms with van der Waals surface area (Å²) in [6.45, 7) is 12.3. The smallest absolute Gasteiger partial charge is 0.0911 e. The van der Waals surface area contributed by atoms with Crippen LogP contribution in [0.3, 0.4) is 0 Å². The summed E-state index contributed by atoms with van der Waals surface area (Å²) in [5.41, 5.74) is 0. The van der Waals surface area contributed by atoms with Crippen LogP contribution in [-0.2, 0) is 0 Å². The molecule has 0 heterocycles. The van der Waals surface area contributed by atoms with Crippen molar-refractivity contribution in [3.8, 4) is 0 Å². The van der Waals surface area contributed by atoms with E-state index in [2.05, 4.69) is 54.0 Å². The molecule has 0 N–H and O–H groups in total. The van der Waals surface area contributed by atoms with Crippen LogP contribution in [0.1, 0.15) is 181 Å². The van der Waals surface area contributed by atoms with E-state index in [4.69, 9.17) is 0 Å². The summed E-state index contributed by atoms with van der Waals surface area (Å²) in [5.74, 6) is 0. The Morgan fingerprint density at radius 1 is 0.310 bits per heavy atom. The summed E-state index contributed by atoms with van der Waals surface area (Å²) in [5, 5.41) is 0. The van der Waals surface area contributed by atoms with Gasteiger partial charge in [-0.05, 0) is 32.7 Å². The van der Waals surface area contributed by atoms with E-state index in [9.17, 15) is 0 Å². The van der Waals surface area contributed by atoms with Crippen LogP contribution in [0.5, 0.6) is 0 Å². The molecule has 0 amide bonds. The largest absolute Gasteiger partial charge is 0.327 e. The van der Waals surface area contributed by atoms with Gasteiger partial charge in [-0.2, -0.15) is 0 Å². The van der Waals surface area contributed by atoms with Gasteiger partial charge in [0.2, 0.25) is 0 Å². The van der Waals surface area contributed by atoms with E-state index < -0.39 is 0 Å². The van der Waals surface area contributed by atoms with Crippen molar-refractivity contribution in [2.45, 2.75) is 181 Å². The van der Waals surface area contributed by atoms with E-state index in [1.807, 2.05) is 0 Å². The first-order valence-electron chi connectivity index (χ1n) is 19.5. The molecule has 0 aromatic rings. The molecule has 0 aliphatic heterocycles. The Balaban J connectivity index is 3.64. The molecule has 0 rings (SSSR count). The maximum absolute atomic E-state index is 2.59. The molecule has 0 aromatic heterocycles. The Hall–Kier alpha value is -0.120. The van der Waals surface area contributed by atoms with Crippen LogP contribution in [0.15, 0.2) is 0 Å². The predicted octanol–water partition coefficient (Wildman–Crippen LogP) is 11.3. The molecule has 0 saturated carbocycles. The maximum Gasteiger partial charge on any atom is 0.0911 e. The number of quaternary nitrogens is 2. The highest BCUT2D eigenvalue weighted by atomic mass is 15.3. The second-order valence-corrected chi connectivity index (χ2v) is 15.6. The highest BCUT2D eigenvalue weighted by Crippen LogP contribution is 2.15. The monoisotopic (exact) mass is 596 g/mol. The first-order valence-corrected chi connectivity index (χ1v) is 19.5. The highest BCUT2D eigenvalue weighted by molar-refractivity contribution is 4.54. The predicted molar refractivity (Wildman–Crippen MR) is 193 cm³/mol. The summed E-state index contributed by atoms with van der Waals surface area (Å²) >= 11 is 0. The number of likely N-dealkylation sites (N-methyl/N-ethyl adjacent to an activating group) is 3. The van der Waals surface area contributed by atoms with E-state index in [0.717, 1.165) is 0 Å². The lowest BCUT2D eigenvalue weighted by molar-refractivity contribution is -0.892. The molecule has 0 unspecified atom stereocenters. The highest BCUT2D eigenvalue weighted by Gasteiger charge is 2.18. The van der Waals surface area contributed by atoms with Gasteiger partial charge in [-0.3, -0.25) is 4.90 Å². The fourth-order valence-corrected chi connectivity index (χ4v) is 6.33. The third kappa shape index (κ3) is 31.3. The topological polar surface area (TPSA) is 3.24 Å². The SMILES string of the molecule is CCCCCCCCCCCCCCC[N+](C)(C)CCN(C)CC[N+](C)(C)CCCCCCCCCCCCCCC. The van der Waals surface area contributed by atoms with Gasteiger partial charge >= 0.3 is 0 Å². The molecule has 0 aliphatic carbocycles. The van der Waals surface area contributed by atoms with E-state index >= 15 is 0 Å². The van der Waals surface area contributed by atoms with Crippen molar-refractivity contribution in [1.82, 2.24) is 4.90 Å². The van der Waals surface area contributed by atoms with Gasteiger partial charge in [-0.25, -0.2) is 0 Å². The standard InChI is InChI=1S/C39H85N3/c1-8-10-12-14-16-18-20-22-24-26-28-30-32-36-41(4,5)38-34-40(3)35-39-42(6,7)37-33-31-29-27-25-23-21-19-17-15-13-11-9-2/h8-39H2,1-7H3/q+2. The second-order valence-electron chi connectivity index (χ2n) is 15.6. The van der Waals surface area contributed by atoms with Gasteiger partial charge in [0, 0.05) is 13.1 Å². The maximum atomic E-state index is 2.59. The van der Waals surface area contributed by atoms with E-state index in [0.29, 0.717) is 0 Å². The zero-order valence-corrected chi connectivity index (χ0v) is 31.0. The van der Waals surface area contributed by atoms with E-state index in [-0.39, 0.29) is 0 Å². The fourth-order valence-electron chi connectivity index (χ4n) is 6.33. The van der Waals surface area contributed by atoms with Crippen LogP contribution in [-0.4, -0.2) is 88.4 Å². The van der Waals surface area contributed by atoms with Gasteiger partial charge in [0.05, 0.1) is 54.4 Å². The summed E-state index contributed by atoms with van der Waals surface area (Å²) in [6, 6.07) is 0. The lowest BCUT2D eigenvalue weighted by Crippen LogP contribution is -2.48. The van der Waals surface area contributed by atoms with Crippen molar-refractivity contribution < 1.29 is 8.97 Å². The van der Waals surface area contributed by atoms with Crippen molar-refractivity contribution in [2.24, 2.45) is 0 Å². The van der Waals surface area contributed by atoms with Crippen LogP contribution >= 0.6 is 0 Å². The molecule has 0 spiro atoms. The lowest BCUT2D eigenvalue weighted by Gasteiger charge is -2.34. The van der Waals surface area contributed by atoms with Crippen molar-refractivity contribution in [3.05, 3.63) is 0 Å². The molecule has 0 aromatic carbocycles. The Labute approximate surface area is 268 Å². The second kappa shape index (κ2) is 29.6. The molecule has 254 valence electrons. The molecule has 3 heteroatoms. The van der Waals surface area contributed by atoms with Crippen molar-refractivity contribution in [3.63, 3.8) is 0 Å². The first kappa shape index (κ1) is 41.9. The Kier molecular flexibility index (Phi) is 29.5. The third-order valence-electron chi connectivity index (χ3n) is 9.91. The van der Waals surface area contributed by atoms with Crippen LogP contribution in [0, 0.1) is 0 Å². The van der Waals surface area contributed by atoms with Gasteiger partial charge in [-0.15, -0.1) is 0 Å². The number of hydrogen-bond acceptors (Lipinski definition) is 1. The summed E-state index contributed by atoms with van der Waals surface area (Å²) in [7, 11) is 12.1. The molecule has 0 atom stereocenters. The molecule has 0 saturated heterocycles. The quantitative estimate of drug-likeness (QED) is 0.0528. The molecular formula is C39H85N3+2. The number of rotatable bonds is 34. The number of hydrogen-bond donors (Lipinski definition) is 0. The lowest BCUT2D eigenvalue weighted by atomic mass is 10.0. The molecule has 0 aliphatic rings. The summed E-state index contributed by atoms with van der Waals surface area (Å²) < 4.78 is 2.36. The molecule has 0 radical (unpaired) electrons. The van der Waals surface area contributed by atoms with Crippen LogP contribution < -0.4 is 0 Å². The molecule has 3 nitrogen and oxygen atoms in total.